The molecule has 20 heavy (non-hydrogen) atoms. The summed E-state index contributed by atoms with van der Waals surface area (Å²) in [6.07, 6.45) is 0.725. The Bertz CT molecular complexity index is 613. The standard InChI is InChI=1S/C16H17BrClNO/c1-10-6-7-13(17)9-15(10)20-16-12(8-11(2)19)4-3-5-14(16)18/h3-7,9,11H,8,19H2,1-2H3. The van der Waals surface area contributed by atoms with Crippen molar-refractivity contribution in [3.05, 3.63) is 57.0 Å². The van der Waals surface area contributed by atoms with Crippen LogP contribution in [0.1, 0.15) is 18.1 Å². The summed E-state index contributed by atoms with van der Waals surface area (Å²) in [7, 11) is 0. The fourth-order valence-corrected chi connectivity index (χ4v) is 2.54. The number of para-hydroxylation sites is 1. The number of halogens is 2. The van der Waals surface area contributed by atoms with E-state index in [9.17, 15) is 0 Å². The molecule has 0 heterocycles. The molecule has 0 saturated carbocycles. The summed E-state index contributed by atoms with van der Waals surface area (Å²) in [5, 5.41) is 0.600. The molecular formula is C16H17BrClNO. The third-order valence-electron chi connectivity index (χ3n) is 2.95. The van der Waals surface area contributed by atoms with Crippen LogP contribution in [0, 0.1) is 6.92 Å². The maximum absolute atomic E-state index is 6.28. The van der Waals surface area contributed by atoms with E-state index in [1.54, 1.807) is 0 Å². The van der Waals surface area contributed by atoms with Crippen LogP contribution < -0.4 is 10.5 Å². The van der Waals surface area contributed by atoms with Gasteiger partial charge in [-0.15, -0.1) is 0 Å². The molecule has 0 spiro atoms. The Morgan fingerprint density at radius 1 is 1.30 bits per heavy atom. The number of rotatable bonds is 4. The summed E-state index contributed by atoms with van der Waals surface area (Å²) in [5.41, 5.74) is 7.96. The van der Waals surface area contributed by atoms with Crippen LogP contribution >= 0.6 is 27.5 Å². The lowest BCUT2D eigenvalue weighted by Crippen LogP contribution is -2.18. The summed E-state index contributed by atoms with van der Waals surface area (Å²) in [6.45, 7) is 3.97. The molecule has 0 aliphatic heterocycles. The number of benzene rings is 2. The number of nitrogens with two attached hydrogens (primary N) is 1. The zero-order valence-corrected chi connectivity index (χ0v) is 13.8. The highest BCUT2D eigenvalue weighted by Gasteiger charge is 2.12. The van der Waals surface area contributed by atoms with Crippen LogP contribution in [0.25, 0.3) is 0 Å². The molecule has 2 N–H and O–H groups in total. The van der Waals surface area contributed by atoms with Crippen LogP contribution in [0.15, 0.2) is 40.9 Å². The highest BCUT2D eigenvalue weighted by Crippen LogP contribution is 2.35. The lowest BCUT2D eigenvalue weighted by atomic mass is 10.1. The lowest BCUT2D eigenvalue weighted by molar-refractivity contribution is 0.470. The van der Waals surface area contributed by atoms with Crippen LogP contribution in [0.5, 0.6) is 11.5 Å². The minimum atomic E-state index is 0.0550. The lowest BCUT2D eigenvalue weighted by Gasteiger charge is -2.15. The van der Waals surface area contributed by atoms with Gasteiger partial charge in [0, 0.05) is 10.5 Å². The van der Waals surface area contributed by atoms with Crippen molar-refractivity contribution in [2.24, 2.45) is 5.73 Å². The van der Waals surface area contributed by atoms with Crippen molar-refractivity contribution in [2.75, 3.05) is 0 Å². The number of hydrogen-bond donors (Lipinski definition) is 1. The first-order chi connectivity index (χ1) is 9.47. The summed E-state index contributed by atoms with van der Waals surface area (Å²) < 4.78 is 7.01. The second-order valence-electron chi connectivity index (χ2n) is 4.92. The molecule has 0 aliphatic carbocycles. The van der Waals surface area contributed by atoms with Gasteiger partial charge in [0.1, 0.15) is 11.5 Å². The second-order valence-corrected chi connectivity index (χ2v) is 6.24. The highest BCUT2D eigenvalue weighted by atomic mass is 79.9. The van der Waals surface area contributed by atoms with Crippen molar-refractivity contribution in [1.29, 1.82) is 0 Å². The van der Waals surface area contributed by atoms with Crippen LogP contribution in [0.2, 0.25) is 5.02 Å². The zero-order valence-electron chi connectivity index (χ0n) is 11.5. The van der Waals surface area contributed by atoms with E-state index < -0.39 is 0 Å². The average Bonchev–Trinajstić information content (AvgIpc) is 2.37. The fourth-order valence-electron chi connectivity index (χ4n) is 1.97. The monoisotopic (exact) mass is 353 g/mol. The van der Waals surface area contributed by atoms with Gasteiger partial charge in [-0.05, 0) is 49.6 Å². The predicted molar refractivity (Wildman–Crippen MR) is 87.8 cm³/mol. The Kier molecular flexibility index (Phi) is 5.08. The predicted octanol–water partition coefficient (Wildman–Crippen LogP) is 5.09. The molecule has 2 aromatic carbocycles. The molecule has 0 amide bonds. The zero-order chi connectivity index (χ0) is 14.7. The van der Waals surface area contributed by atoms with E-state index in [4.69, 9.17) is 22.1 Å². The van der Waals surface area contributed by atoms with Crippen LogP contribution in [0.3, 0.4) is 0 Å². The molecule has 0 aliphatic rings. The van der Waals surface area contributed by atoms with Gasteiger partial charge in [0.2, 0.25) is 0 Å². The quantitative estimate of drug-likeness (QED) is 0.829. The van der Waals surface area contributed by atoms with Crippen molar-refractivity contribution < 1.29 is 4.74 Å². The average molecular weight is 355 g/mol. The SMILES string of the molecule is Cc1ccc(Br)cc1Oc1c(Cl)cccc1CC(C)N. The molecule has 1 unspecified atom stereocenters. The molecular weight excluding hydrogens is 338 g/mol. The largest absolute Gasteiger partial charge is 0.455 e. The van der Waals surface area contributed by atoms with Gasteiger partial charge < -0.3 is 10.5 Å². The fraction of sp³-hybridized carbons (Fsp3) is 0.250. The van der Waals surface area contributed by atoms with Gasteiger partial charge >= 0.3 is 0 Å². The van der Waals surface area contributed by atoms with Crippen molar-refractivity contribution >= 4 is 27.5 Å². The maximum Gasteiger partial charge on any atom is 0.149 e. The molecule has 1 atom stereocenters. The maximum atomic E-state index is 6.28. The molecule has 4 heteroatoms. The van der Waals surface area contributed by atoms with E-state index >= 15 is 0 Å². The first kappa shape index (κ1) is 15.4. The van der Waals surface area contributed by atoms with Gasteiger partial charge in [-0.1, -0.05) is 45.7 Å². The molecule has 0 saturated heterocycles. The van der Waals surface area contributed by atoms with Crippen LogP contribution in [-0.2, 0) is 6.42 Å². The van der Waals surface area contributed by atoms with Gasteiger partial charge in [-0.2, -0.15) is 0 Å². The highest BCUT2D eigenvalue weighted by molar-refractivity contribution is 9.10. The topological polar surface area (TPSA) is 35.2 Å². The number of ether oxygens (including phenoxy) is 1. The van der Waals surface area contributed by atoms with Crippen molar-refractivity contribution in [3.63, 3.8) is 0 Å². The minimum Gasteiger partial charge on any atom is -0.455 e. The van der Waals surface area contributed by atoms with E-state index in [1.807, 2.05) is 50.2 Å². The number of aryl methyl sites for hydroxylation is 1. The van der Waals surface area contributed by atoms with Crippen LogP contribution in [-0.4, -0.2) is 6.04 Å². The van der Waals surface area contributed by atoms with Crippen molar-refractivity contribution in [1.82, 2.24) is 0 Å². The summed E-state index contributed by atoms with van der Waals surface area (Å²) in [4.78, 5) is 0. The third-order valence-corrected chi connectivity index (χ3v) is 3.74. The first-order valence-electron chi connectivity index (χ1n) is 6.44. The second kappa shape index (κ2) is 6.61. The van der Waals surface area contributed by atoms with Crippen molar-refractivity contribution in [2.45, 2.75) is 26.3 Å². The molecule has 2 aromatic rings. The summed E-state index contributed by atoms with van der Waals surface area (Å²) >= 11 is 9.73. The Balaban J connectivity index is 2.39. The molecule has 106 valence electrons. The molecule has 0 fully saturated rings. The molecule has 0 radical (unpaired) electrons. The van der Waals surface area contributed by atoms with Gasteiger partial charge in [0.05, 0.1) is 5.02 Å². The van der Waals surface area contributed by atoms with E-state index in [1.165, 1.54) is 0 Å². The van der Waals surface area contributed by atoms with Crippen LogP contribution in [0.4, 0.5) is 0 Å². The van der Waals surface area contributed by atoms with Crippen molar-refractivity contribution in [3.8, 4) is 11.5 Å². The Hall–Kier alpha value is -1.03. The third kappa shape index (κ3) is 3.75. The van der Waals surface area contributed by atoms with E-state index in [2.05, 4.69) is 15.9 Å². The smallest absolute Gasteiger partial charge is 0.149 e. The van der Waals surface area contributed by atoms with E-state index in [0.717, 1.165) is 27.8 Å². The molecule has 0 aromatic heterocycles. The van der Waals surface area contributed by atoms with Gasteiger partial charge in [0.25, 0.3) is 0 Å². The minimum absolute atomic E-state index is 0.0550. The number of hydrogen-bond acceptors (Lipinski definition) is 2. The summed E-state index contributed by atoms with van der Waals surface area (Å²) in [6, 6.07) is 11.7. The normalized spacial score (nSPS) is 12.2. The Labute approximate surface area is 133 Å². The van der Waals surface area contributed by atoms with E-state index in [-0.39, 0.29) is 6.04 Å². The van der Waals surface area contributed by atoms with Gasteiger partial charge in [-0.25, -0.2) is 0 Å². The van der Waals surface area contributed by atoms with Gasteiger partial charge in [0.15, 0.2) is 0 Å². The Morgan fingerprint density at radius 2 is 2.05 bits per heavy atom. The van der Waals surface area contributed by atoms with Gasteiger partial charge in [-0.3, -0.25) is 0 Å². The Morgan fingerprint density at radius 3 is 2.75 bits per heavy atom. The first-order valence-corrected chi connectivity index (χ1v) is 7.61. The molecule has 2 rings (SSSR count). The molecule has 2 nitrogen and oxygen atoms in total. The summed E-state index contributed by atoms with van der Waals surface area (Å²) in [5.74, 6) is 1.48. The van der Waals surface area contributed by atoms with E-state index in [0.29, 0.717) is 10.8 Å². The molecule has 0 bridgehead atoms.